The van der Waals surface area contributed by atoms with Crippen LogP contribution in [-0.4, -0.2) is 11.6 Å². The fraction of sp³-hybridized carbons (Fsp3) is 0.515. The first kappa shape index (κ1) is 28.8. The van der Waals surface area contributed by atoms with Gasteiger partial charge in [0, 0.05) is 22.3 Å². The molecule has 1 aliphatic carbocycles. The van der Waals surface area contributed by atoms with Gasteiger partial charge in [-0.05, 0) is 84.0 Å². The van der Waals surface area contributed by atoms with Gasteiger partial charge in [-0.1, -0.05) is 86.9 Å². The molecular formula is C33H46O2. The summed E-state index contributed by atoms with van der Waals surface area (Å²) < 4.78 is 0. The molecule has 0 radical (unpaired) electrons. The first-order chi connectivity index (χ1) is 16.3. The van der Waals surface area contributed by atoms with Crippen molar-refractivity contribution in [2.75, 3.05) is 0 Å². The SMILES string of the molecule is CCC(C)(CCC=C(C)C(C)(C)CCC=C(C)C)C(C)=CCC1=C(C)C(=O)c2ccccc2C1=O. The number of carbonyl (C=O) groups is 2. The van der Waals surface area contributed by atoms with Gasteiger partial charge in [0.2, 0.25) is 0 Å². The number of carbonyl (C=O) groups excluding carboxylic acids is 2. The zero-order valence-corrected chi connectivity index (χ0v) is 23.6. The monoisotopic (exact) mass is 474 g/mol. The van der Waals surface area contributed by atoms with Crippen molar-refractivity contribution in [3.05, 3.63) is 81.5 Å². The highest BCUT2D eigenvalue weighted by molar-refractivity contribution is 6.26. The molecular weight excluding hydrogens is 428 g/mol. The smallest absolute Gasteiger partial charge is 0.190 e. The highest BCUT2D eigenvalue weighted by Crippen LogP contribution is 2.38. The van der Waals surface area contributed by atoms with Gasteiger partial charge in [-0.3, -0.25) is 9.59 Å². The van der Waals surface area contributed by atoms with Crippen molar-refractivity contribution in [2.24, 2.45) is 10.8 Å². The molecule has 0 saturated carbocycles. The third-order valence-corrected chi connectivity index (χ3v) is 8.36. The fourth-order valence-electron chi connectivity index (χ4n) is 4.75. The third-order valence-electron chi connectivity index (χ3n) is 8.36. The number of hydrogen-bond acceptors (Lipinski definition) is 2. The fourth-order valence-corrected chi connectivity index (χ4v) is 4.75. The van der Waals surface area contributed by atoms with Crippen molar-refractivity contribution in [3.8, 4) is 0 Å². The van der Waals surface area contributed by atoms with Crippen molar-refractivity contribution in [1.82, 2.24) is 0 Å². The summed E-state index contributed by atoms with van der Waals surface area (Å²) in [5.74, 6) is -0.0267. The summed E-state index contributed by atoms with van der Waals surface area (Å²) in [6.45, 7) is 19.8. The van der Waals surface area contributed by atoms with Gasteiger partial charge in [-0.15, -0.1) is 0 Å². The molecule has 0 bridgehead atoms. The normalized spacial score (nSPS) is 16.8. The van der Waals surface area contributed by atoms with Crippen LogP contribution in [0.25, 0.3) is 0 Å². The van der Waals surface area contributed by atoms with Crippen molar-refractivity contribution < 1.29 is 9.59 Å². The summed E-state index contributed by atoms with van der Waals surface area (Å²) in [4.78, 5) is 25.9. The maximum atomic E-state index is 13.1. The molecule has 0 amide bonds. The van der Waals surface area contributed by atoms with Crippen LogP contribution in [0.2, 0.25) is 0 Å². The largest absolute Gasteiger partial charge is 0.289 e. The molecule has 1 aromatic carbocycles. The Morgan fingerprint density at radius 1 is 0.800 bits per heavy atom. The van der Waals surface area contributed by atoms with Crippen molar-refractivity contribution in [2.45, 2.75) is 101 Å². The number of fused-ring (bicyclic) bond motifs is 1. The third kappa shape index (κ3) is 7.03. The average molecular weight is 475 g/mol. The molecule has 0 spiro atoms. The van der Waals surface area contributed by atoms with E-state index in [0.29, 0.717) is 28.7 Å². The van der Waals surface area contributed by atoms with E-state index < -0.39 is 0 Å². The summed E-state index contributed by atoms with van der Waals surface area (Å²) in [6.07, 6.45) is 12.9. The molecule has 35 heavy (non-hydrogen) atoms. The lowest BCUT2D eigenvalue weighted by Gasteiger charge is -2.31. The first-order valence-electron chi connectivity index (χ1n) is 13.2. The second kappa shape index (κ2) is 12.0. The van der Waals surface area contributed by atoms with Gasteiger partial charge >= 0.3 is 0 Å². The van der Waals surface area contributed by atoms with E-state index in [1.54, 1.807) is 19.1 Å². The second-order valence-corrected chi connectivity index (χ2v) is 11.4. The predicted octanol–water partition coefficient (Wildman–Crippen LogP) is 9.63. The predicted molar refractivity (Wildman–Crippen MR) is 150 cm³/mol. The Labute approximate surface area is 214 Å². The Morgan fingerprint density at radius 3 is 1.94 bits per heavy atom. The minimum atomic E-state index is -0.0210. The Morgan fingerprint density at radius 2 is 1.37 bits per heavy atom. The number of allylic oxidation sites excluding steroid dienone is 8. The topological polar surface area (TPSA) is 34.1 Å². The Kier molecular flexibility index (Phi) is 9.84. The Balaban J connectivity index is 2.11. The van der Waals surface area contributed by atoms with Crippen LogP contribution in [0, 0.1) is 10.8 Å². The maximum absolute atomic E-state index is 13.1. The maximum Gasteiger partial charge on any atom is 0.190 e. The van der Waals surface area contributed by atoms with E-state index in [2.05, 4.69) is 73.6 Å². The molecule has 2 heteroatoms. The van der Waals surface area contributed by atoms with E-state index in [0.717, 1.165) is 32.1 Å². The summed E-state index contributed by atoms with van der Waals surface area (Å²) in [5.41, 5.74) is 6.71. The van der Waals surface area contributed by atoms with Crippen LogP contribution in [0.5, 0.6) is 0 Å². The molecule has 1 unspecified atom stereocenters. The molecule has 2 rings (SSSR count). The van der Waals surface area contributed by atoms with E-state index in [4.69, 9.17) is 0 Å². The molecule has 0 fully saturated rings. The molecule has 2 nitrogen and oxygen atoms in total. The van der Waals surface area contributed by atoms with E-state index in [1.807, 2.05) is 12.1 Å². The number of hydrogen-bond donors (Lipinski definition) is 0. The number of ketones is 2. The molecule has 0 N–H and O–H groups in total. The number of rotatable bonds is 11. The van der Waals surface area contributed by atoms with Crippen LogP contribution in [0.15, 0.2) is 70.4 Å². The van der Waals surface area contributed by atoms with Gasteiger partial charge in [0.05, 0.1) is 0 Å². The lowest BCUT2D eigenvalue weighted by atomic mass is 9.74. The van der Waals surface area contributed by atoms with Gasteiger partial charge in [-0.25, -0.2) is 0 Å². The molecule has 1 atom stereocenters. The molecule has 190 valence electrons. The van der Waals surface area contributed by atoms with Crippen LogP contribution in [-0.2, 0) is 0 Å². The van der Waals surface area contributed by atoms with Crippen LogP contribution >= 0.6 is 0 Å². The molecule has 1 aliphatic rings. The number of Topliss-reactive ketones (excluding diaryl/α,β-unsaturated/α-hetero) is 2. The minimum Gasteiger partial charge on any atom is -0.289 e. The van der Waals surface area contributed by atoms with Crippen LogP contribution in [0.3, 0.4) is 0 Å². The van der Waals surface area contributed by atoms with Crippen LogP contribution in [0.1, 0.15) is 122 Å². The number of benzene rings is 1. The first-order valence-corrected chi connectivity index (χ1v) is 13.2. The molecule has 0 aliphatic heterocycles. The lowest BCUT2D eigenvalue weighted by molar-refractivity contribution is 0.0973. The summed E-state index contributed by atoms with van der Waals surface area (Å²) in [6, 6.07) is 7.17. The molecule has 0 aromatic heterocycles. The summed E-state index contributed by atoms with van der Waals surface area (Å²) in [5, 5.41) is 0. The van der Waals surface area contributed by atoms with Crippen LogP contribution in [0.4, 0.5) is 0 Å². The zero-order chi connectivity index (χ0) is 26.4. The van der Waals surface area contributed by atoms with E-state index in [1.165, 1.54) is 16.7 Å². The van der Waals surface area contributed by atoms with Crippen LogP contribution < -0.4 is 0 Å². The Bertz CT molecular complexity index is 1070. The van der Waals surface area contributed by atoms with Gasteiger partial charge in [0.1, 0.15) is 0 Å². The van der Waals surface area contributed by atoms with Gasteiger partial charge in [-0.2, -0.15) is 0 Å². The minimum absolute atomic E-state index is 0.00569. The van der Waals surface area contributed by atoms with Gasteiger partial charge in [0.15, 0.2) is 11.6 Å². The van der Waals surface area contributed by atoms with E-state index in [-0.39, 0.29) is 22.4 Å². The summed E-state index contributed by atoms with van der Waals surface area (Å²) >= 11 is 0. The molecule has 1 aromatic rings. The van der Waals surface area contributed by atoms with Crippen molar-refractivity contribution in [3.63, 3.8) is 0 Å². The lowest BCUT2D eigenvalue weighted by Crippen LogP contribution is -2.21. The highest BCUT2D eigenvalue weighted by Gasteiger charge is 2.30. The second-order valence-electron chi connectivity index (χ2n) is 11.4. The van der Waals surface area contributed by atoms with Gasteiger partial charge in [0.25, 0.3) is 0 Å². The standard InChI is InChI=1S/C33H46O2/c1-10-33(9,22-14-16-24(4)32(7,8)21-13-15-23(2)3)25(5)19-20-27-26(6)30(34)28-17-11-12-18-29(28)31(27)35/h11-12,15-19H,10,13-14,20-22H2,1-9H3. The van der Waals surface area contributed by atoms with E-state index in [9.17, 15) is 9.59 Å². The van der Waals surface area contributed by atoms with E-state index >= 15 is 0 Å². The average Bonchev–Trinajstić information content (AvgIpc) is 2.81. The van der Waals surface area contributed by atoms with Crippen molar-refractivity contribution in [1.29, 1.82) is 0 Å². The highest BCUT2D eigenvalue weighted by atomic mass is 16.1. The quantitative estimate of drug-likeness (QED) is 0.299. The Hall–Kier alpha value is -2.48. The summed E-state index contributed by atoms with van der Waals surface area (Å²) in [7, 11) is 0. The van der Waals surface area contributed by atoms with Crippen molar-refractivity contribution >= 4 is 11.6 Å². The molecule has 0 heterocycles. The molecule has 0 saturated heterocycles. The zero-order valence-electron chi connectivity index (χ0n) is 23.6. The van der Waals surface area contributed by atoms with Gasteiger partial charge < -0.3 is 0 Å².